The highest BCUT2D eigenvalue weighted by molar-refractivity contribution is 6.02. The van der Waals surface area contributed by atoms with Gasteiger partial charge in [-0.1, -0.05) is 17.3 Å². The van der Waals surface area contributed by atoms with Crippen molar-refractivity contribution in [2.45, 2.75) is 43.3 Å². The molecular weight excluding hydrogens is 463 g/mol. The first-order valence-electron chi connectivity index (χ1n) is 11.1. The Kier molecular flexibility index (Phi) is 4.57. The molecule has 2 aliphatic carbocycles. The fraction of sp³-hybridized carbons (Fsp3) is 0.304. The summed E-state index contributed by atoms with van der Waals surface area (Å²) in [5.74, 6) is 0.240. The number of benzene rings is 1. The van der Waals surface area contributed by atoms with Crippen LogP contribution in [-0.2, 0) is 5.41 Å². The Morgan fingerprint density at radius 2 is 1.89 bits per heavy atom. The highest BCUT2D eigenvalue weighted by Crippen LogP contribution is 2.58. The molecule has 0 radical (unpaired) electrons. The third-order valence-corrected chi connectivity index (χ3v) is 6.56. The van der Waals surface area contributed by atoms with E-state index in [1.807, 2.05) is 18.3 Å². The maximum Gasteiger partial charge on any atom is 0.400 e. The molecule has 9 nitrogen and oxygen atoms in total. The highest BCUT2D eigenvalue weighted by Gasteiger charge is 2.66. The Labute approximate surface area is 196 Å². The molecule has 0 saturated heterocycles. The summed E-state index contributed by atoms with van der Waals surface area (Å²) in [6.45, 7) is 0. The van der Waals surface area contributed by atoms with Crippen molar-refractivity contribution in [3.8, 4) is 11.1 Å². The Morgan fingerprint density at radius 1 is 1.14 bits per heavy atom. The Morgan fingerprint density at radius 3 is 2.54 bits per heavy atom. The summed E-state index contributed by atoms with van der Waals surface area (Å²) in [5.41, 5.74) is 7.00. The molecule has 2 fully saturated rings. The molecule has 0 aliphatic heterocycles. The molecule has 180 valence electrons. The van der Waals surface area contributed by atoms with Crippen LogP contribution >= 0.6 is 0 Å². The van der Waals surface area contributed by atoms with Crippen molar-refractivity contribution in [1.29, 1.82) is 0 Å². The molecule has 2 aliphatic rings. The number of nitrogen functional groups attached to an aromatic ring is 1. The molecule has 1 aromatic carbocycles. The van der Waals surface area contributed by atoms with Crippen molar-refractivity contribution in [2.75, 3.05) is 16.4 Å². The monoisotopic (exact) mass is 483 g/mol. The molecule has 4 aromatic rings. The molecule has 0 unspecified atom stereocenters. The highest BCUT2D eigenvalue weighted by atomic mass is 19.4. The van der Waals surface area contributed by atoms with Gasteiger partial charge < -0.3 is 20.1 Å². The van der Waals surface area contributed by atoms with Crippen molar-refractivity contribution < 1.29 is 22.5 Å². The summed E-state index contributed by atoms with van der Waals surface area (Å²) in [6.07, 6.45) is 1.17. The number of alkyl halides is 3. The van der Waals surface area contributed by atoms with Gasteiger partial charge >= 0.3 is 12.2 Å². The summed E-state index contributed by atoms with van der Waals surface area (Å²) in [5, 5.41) is 9.31. The molecule has 2 amide bonds. The van der Waals surface area contributed by atoms with Crippen LogP contribution in [0.15, 0.2) is 47.4 Å². The van der Waals surface area contributed by atoms with Crippen LogP contribution in [0.4, 0.5) is 35.4 Å². The van der Waals surface area contributed by atoms with Gasteiger partial charge in [0.2, 0.25) is 5.88 Å². The smallest absolute Gasteiger partial charge is 0.383 e. The number of urea groups is 1. The number of nitrogens with one attached hydrogen (secondary N) is 2. The van der Waals surface area contributed by atoms with E-state index in [1.54, 1.807) is 12.1 Å². The number of fused-ring (bicyclic) bond motifs is 1. The zero-order valence-electron chi connectivity index (χ0n) is 18.3. The van der Waals surface area contributed by atoms with Gasteiger partial charge in [0.1, 0.15) is 28.9 Å². The lowest BCUT2D eigenvalue weighted by atomic mass is 10.0. The average Bonchev–Trinajstić information content (AvgIpc) is 3.74. The van der Waals surface area contributed by atoms with Crippen LogP contribution < -0.4 is 16.4 Å². The van der Waals surface area contributed by atoms with Gasteiger partial charge in [0.05, 0.1) is 5.39 Å². The van der Waals surface area contributed by atoms with Crippen LogP contribution in [0.1, 0.15) is 37.4 Å². The second-order valence-corrected chi connectivity index (χ2v) is 8.95. The molecule has 12 heteroatoms. The van der Waals surface area contributed by atoms with E-state index in [0.717, 1.165) is 41.1 Å². The lowest BCUT2D eigenvalue weighted by molar-refractivity contribution is -0.161. The van der Waals surface area contributed by atoms with E-state index in [4.69, 9.17) is 10.3 Å². The first-order valence-corrected chi connectivity index (χ1v) is 11.1. The number of nitrogens with zero attached hydrogens (tertiary/aromatic N) is 4. The number of amides is 2. The SMILES string of the molecule is Nc1ncnc2c1c(-c1ccc(NC(=O)Nc3cc(C4(C(F)(F)F)CC4)no3)cc1)cn2C1CC1. The van der Waals surface area contributed by atoms with Gasteiger partial charge in [0, 0.05) is 29.6 Å². The summed E-state index contributed by atoms with van der Waals surface area (Å²) in [4.78, 5) is 20.9. The van der Waals surface area contributed by atoms with Gasteiger partial charge in [0.25, 0.3) is 0 Å². The van der Waals surface area contributed by atoms with Crippen molar-refractivity contribution >= 4 is 34.5 Å². The predicted molar refractivity (Wildman–Crippen MR) is 122 cm³/mol. The minimum absolute atomic E-state index is 0.0435. The van der Waals surface area contributed by atoms with Crippen LogP contribution in [-0.4, -0.2) is 31.9 Å². The third kappa shape index (κ3) is 3.65. The molecule has 2 saturated carbocycles. The molecule has 0 bridgehead atoms. The Balaban J connectivity index is 1.17. The van der Waals surface area contributed by atoms with E-state index >= 15 is 0 Å². The average molecular weight is 483 g/mol. The van der Waals surface area contributed by atoms with Crippen LogP contribution in [0.2, 0.25) is 0 Å². The van der Waals surface area contributed by atoms with Gasteiger partial charge in [-0.3, -0.25) is 5.32 Å². The fourth-order valence-corrected chi connectivity index (χ4v) is 4.34. The number of nitrogens with two attached hydrogens (primary N) is 1. The molecule has 0 atom stereocenters. The first-order chi connectivity index (χ1) is 16.7. The molecule has 4 N–H and O–H groups in total. The number of carbonyl (C=O) groups excluding carboxylic acids is 1. The van der Waals surface area contributed by atoms with Gasteiger partial charge in [-0.05, 0) is 43.4 Å². The lowest BCUT2D eigenvalue weighted by Crippen LogP contribution is -2.28. The fourth-order valence-electron chi connectivity index (χ4n) is 4.34. The normalized spacial score (nSPS) is 16.9. The van der Waals surface area contributed by atoms with E-state index < -0.39 is 17.6 Å². The molecule has 6 rings (SSSR count). The van der Waals surface area contributed by atoms with Crippen LogP contribution in [0.5, 0.6) is 0 Å². The van der Waals surface area contributed by atoms with Crippen molar-refractivity contribution in [3.63, 3.8) is 0 Å². The van der Waals surface area contributed by atoms with E-state index in [0.29, 0.717) is 17.5 Å². The van der Waals surface area contributed by atoms with Crippen molar-refractivity contribution in [3.05, 3.63) is 48.5 Å². The maximum atomic E-state index is 13.3. The predicted octanol–water partition coefficient (Wildman–Crippen LogP) is 5.24. The molecule has 0 spiro atoms. The molecular formula is C23H20F3N7O2. The van der Waals surface area contributed by atoms with Crippen LogP contribution in [0.25, 0.3) is 22.2 Å². The third-order valence-electron chi connectivity index (χ3n) is 6.56. The number of halogens is 3. The molecule has 35 heavy (non-hydrogen) atoms. The van der Waals surface area contributed by atoms with E-state index in [9.17, 15) is 18.0 Å². The van der Waals surface area contributed by atoms with Crippen molar-refractivity contribution in [1.82, 2.24) is 19.7 Å². The lowest BCUT2D eigenvalue weighted by Gasteiger charge is -2.15. The van der Waals surface area contributed by atoms with E-state index in [-0.39, 0.29) is 24.4 Å². The Bertz CT molecular complexity index is 1430. The quantitative estimate of drug-likeness (QED) is 0.357. The minimum Gasteiger partial charge on any atom is -0.383 e. The van der Waals surface area contributed by atoms with Crippen LogP contribution in [0, 0.1) is 0 Å². The second-order valence-electron chi connectivity index (χ2n) is 8.95. The van der Waals surface area contributed by atoms with E-state index in [1.165, 1.54) is 6.33 Å². The second kappa shape index (κ2) is 7.45. The first kappa shape index (κ1) is 21.4. The summed E-state index contributed by atoms with van der Waals surface area (Å²) >= 11 is 0. The number of aromatic nitrogens is 4. The number of anilines is 3. The topological polar surface area (TPSA) is 124 Å². The van der Waals surface area contributed by atoms with Gasteiger partial charge in [-0.15, -0.1) is 0 Å². The number of hydrogen-bond acceptors (Lipinski definition) is 6. The number of carbonyl (C=O) groups is 1. The van der Waals surface area contributed by atoms with E-state index in [2.05, 4.69) is 30.3 Å². The molecule has 3 aromatic heterocycles. The largest absolute Gasteiger partial charge is 0.400 e. The summed E-state index contributed by atoms with van der Waals surface area (Å²) in [6, 6.07) is 7.95. The zero-order chi connectivity index (χ0) is 24.4. The summed E-state index contributed by atoms with van der Waals surface area (Å²) < 4.78 is 46.8. The zero-order valence-corrected chi connectivity index (χ0v) is 18.3. The number of hydrogen-bond donors (Lipinski definition) is 3. The molecule has 3 heterocycles. The Hall–Kier alpha value is -4.09. The summed E-state index contributed by atoms with van der Waals surface area (Å²) in [7, 11) is 0. The van der Waals surface area contributed by atoms with Gasteiger partial charge in [-0.25, -0.2) is 14.8 Å². The minimum atomic E-state index is -4.41. The van der Waals surface area contributed by atoms with Crippen LogP contribution in [0.3, 0.4) is 0 Å². The standard InChI is InChI=1S/C23H20F3N7O2/c24-23(25,26)22(7-8-22)16-9-17(35-32-16)31-21(34)30-13-3-1-12(2-4-13)15-10-33(14-5-6-14)20-18(15)19(27)28-11-29-20/h1-4,9-11,14H,5-8H2,(H2,27,28,29)(H2,30,31,34). The van der Waals surface area contributed by atoms with Crippen molar-refractivity contribution in [2.24, 2.45) is 0 Å². The van der Waals surface area contributed by atoms with Gasteiger partial charge in [-0.2, -0.15) is 13.2 Å². The van der Waals surface area contributed by atoms with Gasteiger partial charge in [0.15, 0.2) is 0 Å². The maximum absolute atomic E-state index is 13.3. The number of rotatable bonds is 5.